The SMILES string of the molecule is COCc1ccc(C(=O)NCCc2ccc(C(C)(C)C)cc2)o1. The zero-order valence-electron chi connectivity index (χ0n) is 14.3. The lowest BCUT2D eigenvalue weighted by Crippen LogP contribution is -2.25. The van der Waals surface area contributed by atoms with Crippen molar-refractivity contribution in [2.75, 3.05) is 13.7 Å². The maximum Gasteiger partial charge on any atom is 0.287 e. The number of hydrogen-bond acceptors (Lipinski definition) is 3. The van der Waals surface area contributed by atoms with Gasteiger partial charge in [-0.2, -0.15) is 0 Å². The van der Waals surface area contributed by atoms with Gasteiger partial charge in [-0.3, -0.25) is 4.79 Å². The average molecular weight is 315 g/mol. The smallest absolute Gasteiger partial charge is 0.287 e. The van der Waals surface area contributed by atoms with Gasteiger partial charge in [-0.25, -0.2) is 0 Å². The predicted octanol–water partition coefficient (Wildman–Crippen LogP) is 3.70. The topological polar surface area (TPSA) is 51.5 Å². The van der Waals surface area contributed by atoms with Crippen molar-refractivity contribution < 1.29 is 13.9 Å². The molecule has 0 saturated heterocycles. The van der Waals surface area contributed by atoms with Gasteiger partial charge in [-0.15, -0.1) is 0 Å². The number of carbonyl (C=O) groups is 1. The van der Waals surface area contributed by atoms with E-state index < -0.39 is 0 Å². The largest absolute Gasteiger partial charge is 0.453 e. The highest BCUT2D eigenvalue weighted by Crippen LogP contribution is 2.22. The second-order valence-electron chi connectivity index (χ2n) is 6.65. The number of benzene rings is 1. The van der Waals surface area contributed by atoms with Crippen molar-refractivity contribution in [2.45, 2.75) is 39.2 Å². The Hall–Kier alpha value is -2.07. The molecule has 124 valence electrons. The third-order valence-corrected chi connectivity index (χ3v) is 3.69. The van der Waals surface area contributed by atoms with Gasteiger partial charge in [0.1, 0.15) is 12.4 Å². The minimum Gasteiger partial charge on any atom is -0.453 e. The summed E-state index contributed by atoms with van der Waals surface area (Å²) < 4.78 is 10.4. The summed E-state index contributed by atoms with van der Waals surface area (Å²) in [5.41, 5.74) is 2.68. The van der Waals surface area contributed by atoms with E-state index in [0.29, 0.717) is 24.7 Å². The summed E-state index contributed by atoms with van der Waals surface area (Å²) in [6.07, 6.45) is 0.793. The van der Waals surface area contributed by atoms with Crippen LogP contribution < -0.4 is 5.32 Å². The molecule has 2 rings (SSSR count). The summed E-state index contributed by atoms with van der Waals surface area (Å²) in [6.45, 7) is 7.54. The average Bonchev–Trinajstić information content (AvgIpc) is 2.96. The van der Waals surface area contributed by atoms with Crippen LogP contribution in [0.5, 0.6) is 0 Å². The second-order valence-corrected chi connectivity index (χ2v) is 6.65. The standard InChI is InChI=1S/C19H25NO3/c1-19(2,3)15-7-5-14(6-8-15)11-12-20-18(21)17-10-9-16(23-17)13-22-4/h5-10H,11-13H2,1-4H3,(H,20,21). The van der Waals surface area contributed by atoms with Gasteiger partial charge in [-0.1, -0.05) is 45.0 Å². The number of carbonyl (C=O) groups excluding carboxylic acids is 1. The number of methoxy groups -OCH3 is 1. The Labute approximate surface area is 137 Å². The van der Waals surface area contributed by atoms with E-state index in [1.54, 1.807) is 19.2 Å². The van der Waals surface area contributed by atoms with Crippen LogP contribution in [0.15, 0.2) is 40.8 Å². The van der Waals surface area contributed by atoms with Gasteiger partial charge in [0, 0.05) is 13.7 Å². The Morgan fingerprint density at radius 3 is 2.43 bits per heavy atom. The molecule has 0 radical (unpaired) electrons. The van der Waals surface area contributed by atoms with E-state index >= 15 is 0 Å². The molecule has 1 amide bonds. The molecule has 0 unspecified atom stereocenters. The first-order valence-corrected chi connectivity index (χ1v) is 7.85. The summed E-state index contributed by atoms with van der Waals surface area (Å²) in [6, 6.07) is 12.0. The van der Waals surface area contributed by atoms with Crippen LogP contribution in [0.2, 0.25) is 0 Å². The highest BCUT2D eigenvalue weighted by Gasteiger charge is 2.13. The van der Waals surface area contributed by atoms with E-state index in [2.05, 4.69) is 50.4 Å². The number of nitrogens with one attached hydrogen (secondary N) is 1. The fourth-order valence-corrected chi connectivity index (χ4v) is 2.30. The van der Waals surface area contributed by atoms with E-state index in [1.165, 1.54) is 11.1 Å². The lowest BCUT2D eigenvalue weighted by Gasteiger charge is -2.19. The molecule has 0 aliphatic carbocycles. The van der Waals surface area contributed by atoms with Gasteiger partial charge in [-0.05, 0) is 35.1 Å². The summed E-state index contributed by atoms with van der Waals surface area (Å²) >= 11 is 0. The molecule has 0 saturated carbocycles. The molecule has 1 heterocycles. The second kappa shape index (κ2) is 7.47. The third kappa shape index (κ3) is 4.96. The minimum atomic E-state index is -0.196. The maximum atomic E-state index is 12.0. The zero-order chi connectivity index (χ0) is 16.9. The highest BCUT2D eigenvalue weighted by molar-refractivity contribution is 5.91. The molecular formula is C19H25NO3. The van der Waals surface area contributed by atoms with E-state index in [4.69, 9.17) is 9.15 Å². The summed E-state index contributed by atoms with van der Waals surface area (Å²) in [5, 5.41) is 2.87. The molecule has 0 spiro atoms. The normalized spacial score (nSPS) is 11.5. The van der Waals surface area contributed by atoms with Crippen LogP contribution in [0.25, 0.3) is 0 Å². The first-order valence-electron chi connectivity index (χ1n) is 7.85. The van der Waals surface area contributed by atoms with Crippen LogP contribution in [0.4, 0.5) is 0 Å². The van der Waals surface area contributed by atoms with E-state index in [9.17, 15) is 4.79 Å². The van der Waals surface area contributed by atoms with Gasteiger partial charge < -0.3 is 14.5 Å². The Morgan fingerprint density at radius 2 is 1.83 bits per heavy atom. The number of hydrogen-bond donors (Lipinski definition) is 1. The van der Waals surface area contributed by atoms with Gasteiger partial charge >= 0.3 is 0 Å². The summed E-state index contributed by atoms with van der Waals surface area (Å²) in [7, 11) is 1.59. The molecule has 1 aromatic carbocycles. The predicted molar refractivity (Wildman–Crippen MR) is 90.6 cm³/mol. The van der Waals surface area contributed by atoms with Crippen molar-refractivity contribution in [2.24, 2.45) is 0 Å². The maximum absolute atomic E-state index is 12.0. The molecular weight excluding hydrogens is 290 g/mol. The zero-order valence-corrected chi connectivity index (χ0v) is 14.3. The van der Waals surface area contributed by atoms with Crippen molar-refractivity contribution >= 4 is 5.91 Å². The number of amides is 1. The molecule has 4 nitrogen and oxygen atoms in total. The van der Waals surface area contributed by atoms with E-state index in [1.807, 2.05) is 0 Å². The minimum absolute atomic E-state index is 0.159. The summed E-state index contributed by atoms with van der Waals surface area (Å²) in [5.74, 6) is 0.772. The molecule has 2 aromatic rings. The number of ether oxygens (including phenoxy) is 1. The lowest BCUT2D eigenvalue weighted by molar-refractivity contribution is 0.0917. The fraction of sp³-hybridized carbons (Fsp3) is 0.421. The van der Waals surface area contributed by atoms with Crippen LogP contribution in [-0.4, -0.2) is 19.6 Å². The lowest BCUT2D eigenvalue weighted by atomic mass is 9.86. The van der Waals surface area contributed by atoms with E-state index in [-0.39, 0.29) is 11.3 Å². The van der Waals surface area contributed by atoms with Crippen LogP contribution in [-0.2, 0) is 23.2 Å². The van der Waals surface area contributed by atoms with Gasteiger partial charge in [0.15, 0.2) is 5.76 Å². The van der Waals surface area contributed by atoms with Crippen LogP contribution in [0, 0.1) is 0 Å². The van der Waals surface area contributed by atoms with Crippen molar-refractivity contribution in [1.82, 2.24) is 5.32 Å². The van der Waals surface area contributed by atoms with Crippen molar-refractivity contribution in [1.29, 1.82) is 0 Å². The van der Waals surface area contributed by atoms with Crippen molar-refractivity contribution in [3.05, 3.63) is 59.0 Å². The Balaban J connectivity index is 1.83. The quantitative estimate of drug-likeness (QED) is 0.884. The van der Waals surface area contributed by atoms with Crippen molar-refractivity contribution in [3.63, 3.8) is 0 Å². The van der Waals surface area contributed by atoms with Crippen LogP contribution in [0.1, 0.15) is 48.2 Å². The molecule has 0 fully saturated rings. The molecule has 1 N–H and O–H groups in total. The van der Waals surface area contributed by atoms with Gasteiger partial charge in [0.25, 0.3) is 5.91 Å². The van der Waals surface area contributed by atoms with Gasteiger partial charge in [0.05, 0.1) is 0 Å². The van der Waals surface area contributed by atoms with Crippen LogP contribution in [0.3, 0.4) is 0 Å². The molecule has 0 aliphatic heterocycles. The molecule has 0 aliphatic rings. The third-order valence-electron chi connectivity index (χ3n) is 3.69. The first kappa shape index (κ1) is 17.3. The van der Waals surface area contributed by atoms with Gasteiger partial charge in [0.2, 0.25) is 0 Å². The first-order chi connectivity index (χ1) is 10.9. The fourth-order valence-electron chi connectivity index (χ4n) is 2.30. The number of furan rings is 1. The monoisotopic (exact) mass is 315 g/mol. The van der Waals surface area contributed by atoms with Crippen molar-refractivity contribution in [3.8, 4) is 0 Å². The summed E-state index contributed by atoms with van der Waals surface area (Å²) in [4.78, 5) is 12.0. The molecule has 23 heavy (non-hydrogen) atoms. The highest BCUT2D eigenvalue weighted by atomic mass is 16.5. The molecule has 4 heteroatoms. The Morgan fingerprint density at radius 1 is 1.13 bits per heavy atom. The molecule has 0 bridgehead atoms. The Kier molecular flexibility index (Phi) is 5.61. The van der Waals surface area contributed by atoms with E-state index in [0.717, 1.165) is 6.42 Å². The molecule has 1 aromatic heterocycles. The Bertz CT molecular complexity index is 635. The molecule has 0 atom stereocenters. The number of rotatable bonds is 6. The van der Waals surface area contributed by atoms with Crippen LogP contribution >= 0.6 is 0 Å².